The highest BCUT2D eigenvalue weighted by atomic mass is 35.5. The highest BCUT2D eigenvalue weighted by molar-refractivity contribution is 6.33. The van der Waals surface area contributed by atoms with Crippen LogP contribution in [0.5, 0.6) is 5.75 Å². The number of benzene rings is 2. The molecule has 1 atom stereocenters. The van der Waals surface area contributed by atoms with Crippen molar-refractivity contribution in [3.8, 4) is 16.9 Å². The molecule has 0 spiro atoms. The maximum atomic E-state index is 14.1. The Hall–Kier alpha value is -2.66. The number of hydrogen-bond donors (Lipinski definition) is 0. The first kappa shape index (κ1) is 20.1. The Labute approximate surface area is 168 Å². The van der Waals surface area contributed by atoms with Gasteiger partial charge in [-0.1, -0.05) is 43.1 Å². The molecule has 0 saturated heterocycles. The maximum Gasteiger partial charge on any atom is 0.347 e. The molecular formula is C22H21ClFNO3. The van der Waals surface area contributed by atoms with Crippen molar-refractivity contribution in [2.45, 2.75) is 32.8 Å². The van der Waals surface area contributed by atoms with Crippen molar-refractivity contribution < 1.29 is 18.7 Å². The highest BCUT2D eigenvalue weighted by Gasteiger charge is 2.17. The van der Waals surface area contributed by atoms with E-state index in [0.717, 1.165) is 23.8 Å². The lowest BCUT2D eigenvalue weighted by atomic mass is 10.0. The summed E-state index contributed by atoms with van der Waals surface area (Å²) in [6.45, 7) is 4.01. The Bertz CT molecular complexity index is 993. The summed E-state index contributed by atoms with van der Waals surface area (Å²) in [5.74, 6) is -0.639. The van der Waals surface area contributed by atoms with Gasteiger partial charge in [-0.25, -0.2) is 9.78 Å². The van der Waals surface area contributed by atoms with Crippen molar-refractivity contribution in [1.82, 2.24) is 4.98 Å². The maximum absolute atomic E-state index is 14.1. The summed E-state index contributed by atoms with van der Waals surface area (Å²) in [5, 5.41) is 1.26. The molecule has 1 unspecified atom stereocenters. The van der Waals surface area contributed by atoms with Crippen LogP contribution in [0.25, 0.3) is 22.0 Å². The van der Waals surface area contributed by atoms with E-state index in [1.54, 1.807) is 31.2 Å². The predicted molar refractivity (Wildman–Crippen MR) is 108 cm³/mol. The van der Waals surface area contributed by atoms with Gasteiger partial charge in [0.2, 0.25) is 5.95 Å². The monoisotopic (exact) mass is 401 g/mol. The lowest BCUT2D eigenvalue weighted by Crippen LogP contribution is -2.26. The number of fused-ring (bicyclic) bond motifs is 1. The van der Waals surface area contributed by atoms with Crippen LogP contribution in [0.3, 0.4) is 0 Å². The number of unbranched alkanes of at least 4 members (excludes halogenated alkanes) is 1. The zero-order valence-corrected chi connectivity index (χ0v) is 16.5. The van der Waals surface area contributed by atoms with Gasteiger partial charge in [0, 0.05) is 28.1 Å². The molecule has 0 fully saturated rings. The van der Waals surface area contributed by atoms with Crippen LogP contribution >= 0.6 is 11.6 Å². The van der Waals surface area contributed by atoms with Crippen LogP contribution in [0.15, 0.2) is 48.5 Å². The van der Waals surface area contributed by atoms with Crippen molar-refractivity contribution in [2.75, 3.05) is 6.61 Å². The van der Waals surface area contributed by atoms with Gasteiger partial charge in [-0.2, -0.15) is 4.39 Å². The molecule has 3 aromatic rings. The van der Waals surface area contributed by atoms with E-state index in [2.05, 4.69) is 4.98 Å². The van der Waals surface area contributed by atoms with Crippen LogP contribution in [-0.2, 0) is 9.53 Å². The van der Waals surface area contributed by atoms with Gasteiger partial charge in [0.1, 0.15) is 5.75 Å². The summed E-state index contributed by atoms with van der Waals surface area (Å²) >= 11 is 6.28. The van der Waals surface area contributed by atoms with Gasteiger partial charge in [0.15, 0.2) is 6.10 Å². The minimum Gasteiger partial charge on any atom is -0.479 e. The number of nitrogens with zero attached hydrogens (tertiary/aromatic N) is 1. The predicted octanol–water partition coefficient (Wildman–Crippen LogP) is 5.80. The van der Waals surface area contributed by atoms with E-state index in [1.807, 2.05) is 25.1 Å². The van der Waals surface area contributed by atoms with Crippen LogP contribution in [0, 0.1) is 5.95 Å². The third-order valence-electron chi connectivity index (χ3n) is 4.30. The van der Waals surface area contributed by atoms with E-state index >= 15 is 0 Å². The molecule has 2 aromatic carbocycles. The van der Waals surface area contributed by atoms with Crippen molar-refractivity contribution >= 4 is 28.5 Å². The minimum absolute atomic E-state index is 0.370. The quantitative estimate of drug-likeness (QED) is 0.285. The zero-order valence-electron chi connectivity index (χ0n) is 15.7. The molecule has 146 valence electrons. The summed E-state index contributed by atoms with van der Waals surface area (Å²) in [5.41, 5.74) is 1.78. The van der Waals surface area contributed by atoms with E-state index in [0.29, 0.717) is 28.5 Å². The number of aromatic nitrogens is 1. The molecule has 0 aliphatic heterocycles. The molecule has 0 amide bonds. The fourth-order valence-electron chi connectivity index (χ4n) is 2.84. The van der Waals surface area contributed by atoms with E-state index in [-0.39, 0.29) is 0 Å². The summed E-state index contributed by atoms with van der Waals surface area (Å²) in [4.78, 5) is 15.9. The van der Waals surface area contributed by atoms with Crippen molar-refractivity contribution in [3.05, 3.63) is 59.5 Å². The molecule has 3 rings (SSSR count). The average Bonchev–Trinajstić information content (AvgIpc) is 2.67. The number of hydrogen-bond acceptors (Lipinski definition) is 4. The minimum atomic E-state index is -0.772. The standard InChI is InChI=1S/C22H21ClFNO3/c1-3-4-11-27-22(26)14(2)28-15-9-10-17-18(13-21(24)25-20(17)12-15)16-7-5-6-8-19(16)23/h5-10,12-14H,3-4,11H2,1-2H3. The number of esters is 1. The molecule has 0 aliphatic rings. The van der Waals surface area contributed by atoms with Crippen LogP contribution in [0.4, 0.5) is 4.39 Å². The van der Waals surface area contributed by atoms with Gasteiger partial charge in [0.25, 0.3) is 0 Å². The zero-order chi connectivity index (χ0) is 20.1. The number of carbonyl (C=O) groups is 1. The van der Waals surface area contributed by atoms with Gasteiger partial charge in [-0.05, 0) is 37.1 Å². The summed E-state index contributed by atoms with van der Waals surface area (Å²) < 4.78 is 25.0. The fraction of sp³-hybridized carbons (Fsp3) is 0.273. The lowest BCUT2D eigenvalue weighted by Gasteiger charge is -2.15. The lowest BCUT2D eigenvalue weighted by molar-refractivity contribution is -0.151. The van der Waals surface area contributed by atoms with Gasteiger partial charge in [-0.15, -0.1) is 0 Å². The highest BCUT2D eigenvalue weighted by Crippen LogP contribution is 2.34. The summed E-state index contributed by atoms with van der Waals surface area (Å²) in [7, 11) is 0. The first-order valence-electron chi connectivity index (χ1n) is 9.18. The third kappa shape index (κ3) is 4.60. The SMILES string of the molecule is CCCCOC(=O)C(C)Oc1ccc2c(-c3ccccc3Cl)cc(F)nc2c1. The molecule has 0 radical (unpaired) electrons. The Kier molecular flexibility index (Phi) is 6.47. The molecule has 0 bridgehead atoms. The Morgan fingerprint density at radius 1 is 1.18 bits per heavy atom. The molecular weight excluding hydrogens is 381 g/mol. The van der Waals surface area contributed by atoms with Gasteiger partial charge in [0.05, 0.1) is 12.1 Å². The first-order chi connectivity index (χ1) is 13.5. The molecule has 0 saturated carbocycles. The van der Waals surface area contributed by atoms with E-state index in [1.165, 1.54) is 6.07 Å². The Morgan fingerprint density at radius 3 is 2.71 bits per heavy atom. The van der Waals surface area contributed by atoms with E-state index < -0.39 is 18.0 Å². The van der Waals surface area contributed by atoms with Gasteiger partial charge >= 0.3 is 5.97 Å². The topological polar surface area (TPSA) is 48.4 Å². The Morgan fingerprint density at radius 2 is 1.96 bits per heavy atom. The fourth-order valence-corrected chi connectivity index (χ4v) is 3.08. The second kappa shape index (κ2) is 9.02. The van der Waals surface area contributed by atoms with Crippen molar-refractivity contribution in [2.24, 2.45) is 0 Å². The molecule has 1 aromatic heterocycles. The summed E-state index contributed by atoms with van der Waals surface area (Å²) in [6.07, 6.45) is 0.978. The van der Waals surface area contributed by atoms with Crippen LogP contribution in [-0.4, -0.2) is 23.7 Å². The molecule has 6 heteroatoms. The van der Waals surface area contributed by atoms with E-state index in [4.69, 9.17) is 21.1 Å². The Balaban J connectivity index is 1.88. The second-order valence-electron chi connectivity index (χ2n) is 6.43. The molecule has 28 heavy (non-hydrogen) atoms. The number of ether oxygens (including phenoxy) is 2. The number of halogens is 2. The smallest absolute Gasteiger partial charge is 0.347 e. The van der Waals surface area contributed by atoms with Crippen molar-refractivity contribution in [3.63, 3.8) is 0 Å². The van der Waals surface area contributed by atoms with Gasteiger partial charge < -0.3 is 9.47 Å². The normalized spacial score (nSPS) is 12.0. The number of rotatable bonds is 7. The first-order valence-corrected chi connectivity index (χ1v) is 9.56. The summed E-state index contributed by atoms with van der Waals surface area (Å²) in [6, 6.07) is 13.7. The largest absolute Gasteiger partial charge is 0.479 e. The molecule has 4 nitrogen and oxygen atoms in total. The van der Waals surface area contributed by atoms with Crippen molar-refractivity contribution in [1.29, 1.82) is 0 Å². The third-order valence-corrected chi connectivity index (χ3v) is 4.63. The number of pyridine rings is 1. The molecule has 1 heterocycles. The van der Waals surface area contributed by atoms with Crippen LogP contribution < -0.4 is 4.74 Å². The molecule has 0 N–H and O–H groups in total. The second-order valence-corrected chi connectivity index (χ2v) is 6.84. The average molecular weight is 402 g/mol. The van der Waals surface area contributed by atoms with Crippen LogP contribution in [0.2, 0.25) is 5.02 Å². The van der Waals surface area contributed by atoms with E-state index in [9.17, 15) is 9.18 Å². The van der Waals surface area contributed by atoms with Crippen LogP contribution in [0.1, 0.15) is 26.7 Å². The van der Waals surface area contributed by atoms with Gasteiger partial charge in [-0.3, -0.25) is 0 Å². The molecule has 0 aliphatic carbocycles. The number of carbonyl (C=O) groups excluding carboxylic acids is 1.